The lowest BCUT2D eigenvalue weighted by Gasteiger charge is -2.07. The maximum Gasteiger partial charge on any atom is 0.147 e. The van der Waals surface area contributed by atoms with Crippen LogP contribution in [0.1, 0.15) is 29.3 Å². The zero-order valence-corrected chi connectivity index (χ0v) is 8.68. The van der Waals surface area contributed by atoms with E-state index < -0.39 is 0 Å². The molecule has 0 fully saturated rings. The van der Waals surface area contributed by atoms with Crippen molar-refractivity contribution in [3.63, 3.8) is 0 Å². The van der Waals surface area contributed by atoms with Crippen LogP contribution in [0.15, 0.2) is 0 Å². The highest BCUT2D eigenvalue weighted by Crippen LogP contribution is 2.23. The molecule has 0 spiro atoms. The summed E-state index contributed by atoms with van der Waals surface area (Å²) in [6.45, 7) is 3.59. The van der Waals surface area contributed by atoms with E-state index in [9.17, 15) is 0 Å². The highest BCUT2D eigenvalue weighted by atomic mass is 35.5. The van der Waals surface area contributed by atoms with Crippen LogP contribution in [0, 0.1) is 29.6 Å². The first-order chi connectivity index (χ1) is 6.65. The molecule has 0 N–H and O–H groups in total. The van der Waals surface area contributed by atoms with Crippen LogP contribution in [-0.4, -0.2) is 4.98 Å². The van der Waals surface area contributed by atoms with Gasteiger partial charge in [0.25, 0.3) is 0 Å². The minimum atomic E-state index is 0.181. The lowest BCUT2D eigenvalue weighted by Crippen LogP contribution is -2.00. The van der Waals surface area contributed by atoms with E-state index in [4.69, 9.17) is 22.1 Å². The molecule has 4 heteroatoms. The zero-order valence-electron chi connectivity index (χ0n) is 7.93. The third-order valence-electron chi connectivity index (χ3n) is 2.01. The standard InChI is InChI=1S/C10H8ClN3/c1-3-7-8(4-12)6(2)14-10(11)9(7)5-13/h3H2,1-2H3. The molecule has 1 heterocycles. The average Bonchev–Trinajstić information content (AvgIpc) is 2.16. The molecule has 70 valence electrons. The quantitative estimate of drug-likeness (QED) is 0.662. The Morgan fingerprint density at radius 3 is 2.29 bits per heavy atom. The van der Waals surface area contributed by atoms with Gasteiger partial charge < -0.3 is 0 Å². The fourth-order valence-corrected chi connectivity index (χ4v) is 1.63. The molecule has 0 aromatic carbocycles. The number of pyridine rings is 1. The smallest absolute Gasteiger partial charge is 0.147 e. The maximum atomic E-state index is 8.90. The van der Waals surface area contributed by atoms with Gasteiger partial charge in [-0.05, 0) is 18.9 Å². The molecule has 0 saturated heterocycles. The zero-order chi connectivity index (χ0) is 10.7. The van der Waals surface area contributed by atoms with E-state index in [1.807, 2.05) is 19.1 Å². The number of nitriles is 2. The van der Waals surface area contributed by atoms with Crippen LogP contribution in [0.25, 0.3) is 0 Å². The Morgan fingerprint density at radius 2 is 1.86 bits per heavy atom. The molecular formula is C10H8ClN3. The van der Waals surface area contributed by atoms with Crippen molar-refractivity contribution in [2.45, 2.75) is 20.3 Å². The van der Waals surface area contributed by atoms with Crippen molar-refractivity contribution in [2.75, 3.05) is 0 Å². The minimum absolute atomic E-state index is 0.181. The number of hydrogen-bond donors (Lipinski definition) is 0. The molecule has 1 rings (SSSR count). The highest BCUT2D eigenvalue weighted by molar-refractivity contribution is 6.30. The second kappa shape index (κ2) is 4.09. The number of rotatable bonds is 1. The van der Waals surface area contributed by atoms with Crippen LogP contribution >= 0.6 is 11.6 Å². The van der Waals surface area contributed by atoms with Crippen LogP contribution in [-0.2, 0) is 6.42 Å². The first-order valence-electron chi connectivity index (χ1n) is 4.14. The summed E-state index contributed by atoms with van der Waals surface area (Å²) in [6.07, 6.45) is 0.606. The summed E-state index contributed by atoms with van der Waals surface area (Å²) in [7, 11) is 0. The fraction of sp³-hybridized carbons (Fsp3) is 0.300. The summed E-state index contributed by atoms with van der Waals surface area (Å²) in [6, 6.07) is 4.02. The Hall–Kier alpha value is -1.58. The molecule has 0 amide bonds. The van der Waals surface area contributed by atoms with E-state index in [1.165, 1.54) is 0 Å². The van der Waals surface area contributed by atoms with Crippen molar-refractivity contribution in [2.24, 2.45) is 0 Å². The van der Waals surface area contributed by atoms with Gasteiger partial charge in [0.1, 0.15) is 17.3 Å². The van der Waals surface area contributed by atoms with Crippen molar-refractivity contribution in [3.8, 4) is 12.1 Å². The third-order valence-corrected chi connectivity index (χ3v) is 2.29. The summed E-state index contributed by atoms with van der Waals surface area (Å²) in [5.74, 6) is 0. The number of aromatic nitrogens is 1. The van der Waals surface area contributed by atoms with E-state index in [1.54, 1.807) is 6.92 Å². The van der Waals surface area contributed by atoms with Gasteiger partial charge in [0.05, 0.1) is 16.8 Å². The summed E-state index contributed by atoms with van der Waals surface area (Å²) >= 11 is 5.80. The summed E-state index contributed by atoms with van der Waals surface area (Å²) in [4.78, 5) is 3.94. The molecule has 14 heavy (non-hydrogen) atoms. The van der Waals surface area contributed by atoms with Gasteiger partial charge in [0, 0.05) is 0 Å². The van der Waals surface area contributed by atoms with Gasteiger partial charge in [-0.3, -0.25) is 0 Å². The van der Waals surface area contributed by atoms with E-state index >= 15 is 0 Å². The van der Waals surface area contributed by atoms with Gasteiger partial charge in [-0.2, -0.15) is 10.5 Å². The topological polar surface area (TPSA) is 60.5 Å². The molecule has 0 atom stereocenters. The first kappa shape index (κ1) is 10.5. The second-order valence-corrected chi connectivity index (χ2v) is 3.15. The Kier molecular flexibility index (Phi) is 3.06. The molecule has 0 aliphatic rings. The average molecular weight is 206 g/mol. The number of hydrogen-bond acceptors (Lipinski definition) is 3. The van der Waals surface area contributed by atoms with Crippen LogP contribution < -0.4 is 0 Å². The molecule has 0 aliphatic carbocycles. The van der Waals surface area contributed by atoms with Crippen LogP contribution in [0.5, 0.6) is 0 Å². The van der Waals surface area contributed by atoms with E-state index in [0.29, 0.717) is 28.8 Å². The van der Waals surface area contributed by atoms with Crippen molar-refractivity contribution in [3.05, 3.63) is 27.5 Å². The predicted octanol–water partition coefficient (Wildman–Crippen LogP) is 2.35. The predicted molar refractivity (Wildman–Crippen MR) is 52.8 cm³/mol. The molecule has 1 aromatic rings. The largest absolute Gasteiger partial charge is 0.239 e. The van der Waals surface area contributed by atoms with Crippen molar-refractivity contribution in [1.82, 2.24) is 4.98 Å². The molecule has 1 aromatic heterocycles. The molecule has 0 radical (unpaired) electrons. The molecule has 0 aliphatic heterocycles. The van der Waals surface area contributed by atoms with Crippen LogP contribution in [0.3, 0.4) is 0 Å². The monoisotopic (exact) mass is 205 g/mol. The van der Waals surface area contributed by atoms with Gasteiger partial charge in [-0.15, -0.1) is 0 Å². The van der Waals surface area contributed by atoms with Crippen molar-refractivity contribution in [1.29, 1.82) is 10.5 Å². The Balaban J connectivity index is 3.64. The van der Waals surface area contributed by atoms with Crippen LogP contribution in [0.4, 0.5) is 0 Å². The number of halogens is 1. The SMILES string of the molecule is CCc1c(C#N)c(C)nc(Cl)c1C#N. The molecular weight excluding hydrogens is 198 g/mol. The van der Waals surface area contributed by atoms with E-state index in [2.05, 4.69) is 4.98 Å². The van der Waals surface area contributed by atoms with Crippen LogP contribution in [0.2, 0.25) is 5.15 Å². The Morgan fingerprint density at radius 1 is 1.29 bits per heavy atom. The van der Waals surface area contributed by atoms with Crippen molar-refractivity contribution >= 4 is 11.6 Å². The highest BCUT2D eigenvalue weighted by Gasteiger charge is 2.14. The van der Waals surface area contributed by atoms with E-state index in [0.717, 1.165) is 0 Å². The molecule has 0 bridgehead atoms. The Labute approximate surface area is 87.6 Å². The normalized spacial score (nSPS) is 9.21. The molecule has 0 unspecified atom stereocenters. The maximum absolute atomic E-state index is 8.90. The fourth-order valence-electron chi connectivity index (χ4n) is 1.34. The first-order valence-corrected chi connectivity index (χ1v) is 4.52. The minimum Gasteiger partial charge on any atom is -0.239 e. The number of nitrogens with zero attached hydrogens (tertiary/aromatic N) is 3. The molecule has 3 nitrogen and oxygen atoms in total. The third kappa shape index (κ3) is 1.55. The Bertz CT molecular complexity index is 414. The molecule has 0 saturated carbocycles. The van der Waals surface area contributed by atoms with Crippen molar-refractivity contribution < 1.29 is 0 Å². The lowest BCUT2D eigenvalue weighted by atomic mass is 10.0. The van der Waals surface area contributed by atoms with Gasteiger partial charge in [-0.1, -0.05) is 18.5 Å². The summed E-state index contributed by atoms with van der Waals surface area (Å²) < 4.78 is 0. The van der Waals surface area contributed by atoms with Gasteiger partial charge in [0.15, 0.2) is 0 Å². The summed E-state index contributed by atoms with van der Waals surface area (Å²) in [5.41, 5.74) is 2.05. The van der Waals surface area contributed by atoms with Gasteiger partial charge in [-0.25, -0.2) is 4.98 Å². The number of aryl methyl sites for hydroxylation is 1. The lowest BCUT2D eigenvalue weighted by molar-refractivity contribution is 1.06. The van der Waals surface area contributed by atoms with Gasteiger partial charge >= 0.3 is 0 Å². The van der Waals surface area contributed by atoms with E-state index in [-0.39, 0.29) is 5.15 Å². The van der Waals surface area contributed by atoms with Gasteiger partial charge in [0.2, 0.25) is 0 Å². The second-order valence-electron chi connectivity index (χ2n) is 2.79. The summed E-state index contributed by atoms with van der Waals surface area (Å²) in [5, 5.41) is 17.9.